The Hall–Kier alpha value is -3.45. The number of anilines is 1. The van der Waals surface area contributed by atoms with Gasteiger partial charge in [0.2, 0.25) is 0 Å². The van der Waals surface area contributed by atoms with Crippen LogP contribution in [-0.4, -0.2) is 73.8 Å². The Labute approximate surface area is 187 Å². The number of rotatable bonds is 3. The van der Waals surface area contributed by atoms with Crippen LogP contribution in [0.2, 0.25) is 0 Å². The van der Waals surface area contributed by atoms with E-state index < -0.39 is 69.4 Å². The summed E-state index contributed by atoms with van der Waals surface area (Å²) in [5, 5.41) is 64.6. The van der Waals surface area contributed by atoms with Crippen LogP contribution >= 0.6 is 0 Å². The minimum Gasteiger partial charge on any atom is -0.872 e. The zero-order chi connectivity index (χ0) is 24.6. The molecule has 4 atom stereocenters. The summed E-state index contributed by atoms with van der Waals surface area (Å²) in [7, 11) is 2.97. The first kappa shape index (κ1) is 22.7. The van der Waals surface area contributed by atoms with Crippen molar-refractivity contribution in [3.63, 3.8) is 0 Å². The quantitative estimate of drug-likeness (QED) is 0.222. The van der Waals surface area contributed by atoms with Crippen molar-refractivity contribution in [3.05, 3.63) is 40.2 Å². The van der Waals surface area contributed by atoms with E-state index in [2.05, 4.69) is 0 Å². The fraction of sp³-hybridized carbons (Fsp3) is 0.381. The molecule has 3 aliphatic rings. The molecule has 1 aromatic rings. The number of ketones is 2. The van der Waals surface area contributed by atoms with Gasteiger partial charge in [0.15, 0.2) is 17.2 Å². The lowest BCUT2D eigenvalue weighted by atomic mass is 9.57. The summed E-state index contributed by atoms with van der Waals surface area (Å²) < 4.78 is 0. The van der Waals surface area contributed by atoms with Crippen LogP contribution in [-0.2, 0) is 20.8 Å². The van der Waals surface area contributed by atoms with E-state index >= 15 is 0 Å². The second kappa shape index (κ2) is 7.28. The topological polar surface area (TPSA) is 208 Å². The average Bonchev–Trinajstić information content (AvgIpc) is 2.70. The number of nitrogens with two attached hydrogens (primary N) is 1. The highest BCUT2D eigenvalue weighted by Crippen LogP contribution is 2.53. The predicted octanol–water partition coefficient (Wildman–Crippen LogP) is -1.65. The third-order valence-corrected chi connectivity index (χ3v) is 6.77. The number of benzene rings is 1. The summed E-state index contributed by atoms with van der Waals surface area (Å²) in [5.74, 6) is -8.20. The first-order valence-electron chi connectivity index (χ1n) is 9.99. The maximum atomic E-state index is 13.5. The summed E-state index contributed by atoms with van der Waals surface area (Å²) in [5.41, 5.74) is 0.666. The molecule has 0 aromatic heterocycles. The molecule has 1 fully saturated rings. The Morgan fingerprint density at radius 3 is 2.39 bits per heavy atom. The van der Waals surface area contributed by atoms with E-state index in [9.17, 15) is 45.2 Å². The van der Waals surface area contributed by atoms with Crippen molar-refractivity contribution < 1.29 is 45.2 Å². The minimum absolute atomic E-state index is 0.0677. The van der Waals surface area contributed by atoms with Crippen LogP contribution in [0.5, 0.6) is 5.75 Å². The zero-order valence-corrected chi connectivity index (χ0v) is 17.6. The van der Waals surface area contributed by atoms with Crippen molar-refractivity contribution >= 4 is 28.9 Å². The van der Waals surface area contributed by atoms with E-state index in [4.69, 9.17) is 5.73 Å². The number of likely N-dealkylation sites (N-methyl/N-ethyl adjacent to an activating group) is 1. The molecular formula is C21H22N3O9-. The summed E-state index contributed by atoms with van der Waals surface area (Å²) in [6.07, 6.45) is -0.239. The van der Waals surface area contributed by atoms with Crippen molar-refractivity contribution in [1.82, 2.24) is 4.90 Å². The molecule has 3 aliphatic carbocycles. The summed E-state index contributed by atoms with van der Waals surface area (Å²) >= 11 is 0. The number of carbonyl (C=O) groups excluding carboxylic acids is 3. The van der Waals surface area contributed by atoms with Gasteiger partial charge in [0.05, 0.1) is 11.7 Å². The molecule has 0 heterocycles. The zero-order valence-electron chi connectivity index (χ0n) is 17.6. The second-order valence-electron chi connectivity index (χ2n) is 8.69. The summed E-state index contributed by atoms with van der Waals surface area (Å²) in [6.45, 7) is 0. The fourth-order valence-corrected chi connectivity index (χ4v) is 5.39. The average molecular weight is 460 g/mol. The standard InChI is InChI=1S/C21H23N3O9/c1-23(2)15-9-6-7-5-8-10(24(32)33)3-4-11(25)13(8)16(26)12(7)18(28)21(9,31)19(29)14(17(15)27)20(22)30/h3-4,7,9,15,25-26,29,31-33H,5-6H2,1-2H3,(H2,22,30)/p-1. The van der Waals surface area contributed by atoms with E-state index in [0.29, 0.717) is 0 Å². The van der Waals surface area contributed by atoms with Gasteiger partial charge in [-0.15, -0.1) is 5.23 Å². The third kappa shape index (κ3) is 2.88. The van der Waals surface area contributed by atoms with Gasteiger partial charge in [0.1, 0.15) is 17.1 Å². The van der Waals surface area contributed by atoms with Crippen molar-refractivity contribution in [3.8, 4) is 5.75 Å². The Morgan fingerprint density at radius 1 is 1.21 bits per heavy atom. The number of Topliss-reactive ketones (excluding diaryl/α,β-unsaturated/α-hetero) is 2. The van der Waals surface area contributed by atoms with Crippen molar-refractivity contribution in [1.29, 1.82) is 0 Å². The van der Waals surface area contributed by atoms with Crippen LogP contribution in [0.4, 0.5) is 5.69 Å². The molecule has 7 N–H and O–H groups in total. The predicted molar refractivity (Wildman–Crippen MR) is 108 cm³/mol. The Kier molecular flexibility index (Phi) is 5.02. The fourth-order valence-electron chi connectivity index (χ4n) is 5.39. The lowest BCUT2D eigenvalue weighted by molar-refractivity contribution is -0.246. The molecule has 0 saturated heterocycles. The number of primary amides is 1. The van der Waals surface area contributed by atoms with Gasteiger partial charge in [-0.1, -0.05) is 5.76 Å². The molecule has 0 bridgehead atoms. The van der Waals surface area contributed by atoms with E-state index in [0.717, 1.165) is 6.07 Å². The number of carbonyl (C=O) groups is 3. The molecule has 176 valence electrons. The molecule has 1 amide bonds. The maximum absolute atomic E-state index is 13.5. The van der Waals surface area contributed by atoms with Gasteiger partial charge >= 0.3 is 0 Å². The first-order valence-corrected chi connectivity index (χ1v) is 9.99. The van der Waals surface area contributed by atoms with Crippen molar-refractivity contribution in [2.45, 2.75) is 24.5 Å². The molecule has 0 spiro atoms. The molecule has 0 aliphatic heterocycles. The number of aliphatic hydroxyl groups is 2. The van der Waals surface area contributed by atoms with Gasteiger partial charge in [-0.25, -0.2) is 0 Å². The number of fused-ring (bicyclic) bond motifs is 3. The highest BCUT2D eigenvalue weighted by Gasteiger charge is 2.63. The number of nitrogens with zero attached hydrogens (tertiary/aromatic N) is 2. The maximum Gasteiger partial charge on any atom is 0.255 e. The normalized spacial score (nSPS) is 29.1. The lowest BCUT2D eigenvalue weighted by Gasteiger charge is -2.51. The van der Waals surface area contributed by atoms with Gasteiger partial charge in [0.25, 0.3) is 5.91 Å². The van der Waals surface area contributed by atoms with Crippen molar-refractivity contribution in [2.24, 2.45) is 17.6 Å². The molecule has 12 heteroatoms. The first-order chi connectivity index (χ1) is 15.3. The van der Waals surface area contributed by atoms with E-state index in [1.807, 2.05) is 0 Å². The number of hydrogen-bond acceptors (Lipinski definition) is 11. The lowest BCUT2D eigenvalue weighted by Crippen LogP contribution is -2.65. The number of phenols is 1. The summed E-state index contributed by atoms with van der Waals surface area (Å²) in [6, 6.07) is 1.00. The van der Waals surface area contributed by atoms with Crippen LogP contribution in [0.15, 0.2) is 29.0 Å². The van der Waals surface area contributed by atoms with Gasteiger partial charge in [0, 0.05) is 11.5 Å². The number of phenolic OH excluding ortho intramolecular Hbond substituents is 1. The smallest absolute Gasteiger partial charge is 0.255 e. The molecule has 1 aromatic carbocycles. The molecule has 1 saturated carbocycles. The van der Waals surface area contributed by atoms with Gasteiger partial charge < -0.3 is 26.2 Å². The van der Waals surface area contributed by atoms with E-state index in [-0.39, 0.29) is 34.9 Å². The molecule has 4 rings (SSSR count). The molecular weight excluding hydrogens is 438 g/mol. The van der Waals surface area contributed by atoms with Crippen molar-refractivity contribution in [2.75, 3.05) is 19.3 Å². The number of hydrogen-bond donors (Lipinski definition) is 6. The number of aliphatic hydroxyl groups excluding tert-OH is 1. The Balaban J connectivity index is 1.99. The van der Waals surface area contributed by atoms with E-state index in [1.165, 1.54) is 25.1 Å². The minimum atomic E-state index is -2.76. The molecule has 4 unspecified atom stereocenters. The van der Waals surface area contributed by atoms with Crippen LogP contribution in [0.1, 0.15) is 17.5 Å². The number of amides is 1. The highest BCUT2D eigenvalue weighted by atomic mass is 16.8. The Bertz CT molecular complexity index is 1170. The van der Waals surface area contributed by atoms with Gasteiger partial charge in [-0.2, -0.15) is 0 Å². The molecule has 33 heavy (non-hydrogen) atoms. The molecule has 0 radical (unpaired) electrons. The molecule has 12 nitrogen and oxygen atoms in total. The van der Waals surface area contributed by atoms with Gasteiger partial charge in [-0.05, 0) is 56.1 Å². The number of aromatic hydroxyl groups is 1. The monoisotopic (exact) mass is 460 g/mol. The van der Waals surface area contributed by atoms with Crippen LogP contribution < -0.4 is 16.1 Å². The SMILES string of the molecule is CN(C)C1C(=O)C(C(N)=O)=C(O)C2(O)C(=O)C3=C([O-])c4c(O)ccc(N(O)O)c4CC3CC12. The van der Waals surface area contributed by atoms with Crippen LogP contribution in [0.3, 0.4) is 0 Å². The van der Waals surface area contributed by atoms with E-state index in [1.54, 1.807) is 0 Å². The summed E-state index contributed by atoms with van der Waals surface area (Å²) in [4.78, 5) is 39.8. The third-order valence-electron chi connectivity index (χ3n) is 6.77. The van der Waals surface area contributed by atoms with Crippen LogP contribution in [0, 0.1) is 11.8 Å². The van der Waals surface area contributed by atoms with Crippen LogP contribution in [0.25, 0.3) is 5.76 Å². The Morgan fingerprint density at radius 2 is 1.85 bits per heavy atom. The second-order valence-corrected chi connectivity index (χ2v) is 8.69. The highest BCUT2D eigenvalue weighted by molar-refractivity contribution is 6.24. The largest absolute Gasteiger partial charge is 0.872 e. The van der Waals surface area contributed by atoms with Gasteiger partial charge in [-0.3, -0.25) is 29.7 Å².